The normalized spacial score (nSPS) is 10.6. The zero-order valence-electron chi connectivity index (χ0n) is 20.1. The maximum atomic E-state index is 12.3. The molecule has 180 valence electrons. The first kappa shape index (κ1) is 25.2. The topological polar surface area (TPSA) is 109 Å². The fourth-order valence-electron chi connectivity index (χ4n) is 3.28. The van der Waals surface area contributed by atoms with E-state index in [4.69, 9.17) is 4.74 Å². The molecule has 0 aliphatic rings. The third kappa shape index (κ3) is 7.01. The van der Waals surface area contributed by atoms with Crippen LogP contribution in [0.1, 0.15) is 27.8 Å². The van der Waals surface area contributed by atoms with Crippen LogP contribution in [-0.2, 0) is 14.4 Å². The van der Waals surface area contributed by atoms with Crippen molar-refractivity contribution >= 4 is 35.3 Å². The highest BCUT2D eigenvalue weighted by Crippen LogP contribution is 2.19. The number of hydrogen-bond acceptors (Lipinski definition) is 5. The average Bonchev–Trinajstić information content (AvgIpc) is 2.83. The van der Waals surface area contributed by atoms with Crippen molar-refractivity contribution in [1.82, 2.24) is 5.43 Å². The van der Waals surface area contributed by atoms with Crippen molar-refractivity contribution in [1.29, 1.82) is 0 Å². The first-order valence-corrected chi connectivity index (χ1v) is 11.0. The quantitative estimate of drug-likeness (QED) is 0.274. The summed E-state index contributed by atoms with van der Waals surface area (Å²) in [5, 5.41) is 9.26. The second kappa shape index (κ2) is 11.6. The van der Waals surface area contributed by atoms with Crippen LogP contribution in [0.4, 0.5) is 11.4 Å². The van der Waals surface area contributed by atoms with Gasteiger partial charge in [-0.05, 0) is 68.7 Å². The third-order valence-electron chi connectivity index (χ3n) is 5.36. The summed E-state index contributed by atoms with van der Waals surface area (Å²) in [6.45, 7) is 7.48. The molecule has 8 nitrogen and oxygen atoms in total. The summed E-state index contributed by atoms with van der Waals surface area (Å²) >= 11 is 0. The van der Waals surface area contributed by atoms with Crippen LogP contribution in [0.25, 0.3) is 0 Å². The van der Waals surface area contributed by atoms with Gasteiger partial charge >= 0.3 is 11.8 Å². The summed E-state index contributed by atoms with van der Waals surface area (Å²) in [5.74, 6) is -1.64. The van der Waals surface area contributed by atoms with Gasteiger partial charge in [0.2, 0.25) is 0 Å². The second-order valence-electron chi connectivity index (χ2n) is 8.09. The molecule has 0 fully saturated rings. The Labute approximate surface area is 204 Å². The Kier molecular flexibility index (Phi) is 8.34. The van der Waals surface area contributed by atoms with Crippen molar-refractivity contribution in [3.63, 3.8) is 0 Å². The molecule has 8 heteroatoms. The average molecular weight is 473 g/mol. The fourth-order valence-corrected chi connectivity index (χ4v) is 3.28. The van der Waals surface area contributed by atoms with Gasteiger partial charge in [0.15, 0.2) is 6.61 Å². The molecular weight excluding hydrogens is 444 g/mol. The molecule has 0 spiro atoms. The Morgan fingerprint density at radius 2 is 1.60 bits per heavy atom. The molecule has 0 aliphatic heterocycles. The lowest BCUT2D eigenvalue weighted by Crippen LogP contribution is -2.32. The highest BCUT2D eigenvalue weighted by Gasteiger charge is 2.14. The van der Waals surface area contributed by atoms with Crippen LogP contribution >= 0.6 is 0 Å². The number of carbonyl (C=O) groups is 3. The molecule has 0 heterocycles. The Balaban J connectivity index is 1.56. The minimum Gasteiger partial charge on any atom is -0.483 e. The number of rotatable bonds is 7. The van der Waals surface area contributed by atoms with E-state index in [1.54, 1.807) is 36.4 Å². The SMILES string of the molecule is Cc1ccc(NC(=O)COc2ccccc2/C=N\NC(=O)C(=O)Nc2cccc(C)c2C)c(C)c1. The minimum absolute atomic E-state index is 0.206. The van der Waals surface area contributed by atoms with Crippen LogP contribution in [0.5, 0.6) is 5.75 Å². The van der Waals surface area contributed by atoms with Crippen molar-refractivity contribution in [3.05, 3.63) is 88.5 Å². The van der Waals surface area contributed by atoms with E-state index in [-0.39, 0.29) is 12.5 Å². The molecule has 0 aliphatic carbocycles. The maximum Gasteiger partial charge on any atom is 0.329 e. The van der Waals surface area contributed by atoms with Crippen LogP contribution in [-0.4, -0.2) is 30.5 Å². The number of ether oxygens (including phenoxy) is 1. The molecular formula is C27H28N4O4. The summed E-state index contributed by atoms with van der Waals surface area (Å²) in [5.41, 5.74) is 7.97. The highest BCUT2D eigenvalue weighted by molar-refractivity contribution is 6.39. The molecule has 0 aromatic heterocycles. The predicted molar refractivity (Wildman–Crippen MR) is 137 cm³/mol. The van der Waals surface area contributed by atoms with Crippen molar-refractivity contribution in [2.24, 2.45) is 5.10 Å². The number of nitrogens with zero attached hydrogens (tertiary/aromatic N) is 1. The third-order valence-corrected chi connectivity index (χ3v) is 5.36. The van der Waals surface area contributed by atoms with E-state index in [1.807, 2.05) is 52.0 Å². The summed E-state index contributed by atoms with van der Waals surface area (Å²) in [4.78, 5) is 36.7. The smallest absolute Gasteiger partial charge is 0.329 e. The van der Waals surface area contributed by atoms with Crippen molar-refractivity contribution in [3.8, 4) is 5.75 Å². The molecule has 0 atom stereocenters. The van der Waals surface area contributed by atoms with Crippen LogP contribution in [0.15, 0.2) is 65.8 Å². The van der Waals surface area contributed by atoms with E-state index in [0.717, 1.165) is 27.9 Å². The molecule has 0 bridgehead atoms. The molecule has 0 unspecified atom stereocenters. The van der Waals surface area contributed by atoms with Crippen molar-refractivity contribution in [2.45, 2.75) is 27.7 Å². The Hall–Kier alpha value is -4.46. The van der Waals surface area contributed by atoms with Gasteiger partial charge < -0.3 is 15.4 Å². The van der Waals surface area contributed by atoms with Gasteiger partial charge in [0.1, 0.15) is 5.75 Å². The van der Waals surface area contributed by atoms with Gasteiger partial charge in [-0.2, -0.15) is 5.10 Å². The molecule has 3 aromatic carbocycles. The molecule has 3 rings (SSSR count). The van der Waals surface area contributed by atoms with Crippen molar-refractivity contribution in [2.75, 3.05) is 17.2 Å². The number of aryl methyl sites for hydroxylation is 3. The molecule has 3 amide bonds. The lowest BCUT2D eigenvalue weighted by Gasteiger charge is -2.11. The van der Waals surface area contributed by atoms with E-state index >= 15 is 0 Å². The molecule has 35 heavy (non-hydrogen) atoms. The number of anilines is 2. The molecule has 3 N–H and O–H groups in total. The van der Waals surface area contributed by atoms with E-state index in [9.17, 15) is 14.4 Å². The van der Waals surface area contributed by atoms with E-state index in [0.29, 0.717) is 17.0 Å². The molecule has 3 aromatic rings. The lowest BCUT2D eigenvalue weighted by atomic mass is 10.1. The first-order chi connectivity index (χ1) is 16.7. The summed E-state index contributed by atoms with van der Waals surface area (Å²) < 4.78 is 5.65. The van der Waals surface area contributed by atoms with E-state index in [2.05, 4.69) is 21.2 Å². The van der Waals surface area contributed by atoms with Crippen LogP contribution in [0.2, 0.25) is 0 Å². The standard InChI is InChI=1S/C27H28N4O4/c1-17-12-13-22(19(3)14-17)29-25(32)16-35-24-11-6-5-9-21(24)15-28-31-27(34)26(33)30-23-10-7-8-18(2)20(23)4/h5-15H,16H2,1-4H3,(H,29,32)(H,30,33)(H,31,34)/b28-15-. The highest BCUT2D eigenvalue weighted by atomic mass is 16.5. The Morgan fingerprint density at radius 1 is 0.829 bits per heavy atom. The lowest BCUT2D eigenvalue weighted by molar-refractivity contribution is -0.136. The van der Waals surface area contributed by atoms with Gasteiger partial charge in [-0.1, -0.05) is 42.0 Å². The number of carbonyl (C=O) groups excluding carboxylic acids is 3. The second-order valence-corrected chi connectivity index (χ2v) is 8.09. The zero-order chi connectivity index (χ0) is 25.4. The van der Waals surface area contributed by atoms with Gasteiger partial charge in [0.05, 0.1) is 6.21 Å². The summed E-state index contributed by atoms with van der Waals surface area (Å²) in [6.07, 6.45) is 1.35. The van der Waals surface area contributed by atoms with Crippen molar-refractivity contribution < 1.29 is 19.1 Å². The monoisotopic (exact) mass is 472 g/mol. The van der Waals surface area contributed by atoms with Crippen LogP contribution in [0.3, 0.4) is 0 Å². The summed E-state index contributed by atoms with van der Waals surface area (Å²) in [7, 11) is 0. The number of benzene rings is 3. The van der Waals surface area contributed by atoms with Gasteiger partial charge in [0.25, 0.3) is 5.91 Å². The van der Waals surface area contributed by atoms with Crippen LogP contribution in [0, 0.1) is 27.7 Å². The van der Waals surface area contributed by atoms with Gasteiger partial charge in [-0.25, -0.2) is 5.43 Å². The van der Waals surface area contributed by atoms with Crippen LogP contribution < -0.4 is 20.8 Å². The minimum atomic E-state index is -0.909. The molecule has 0 radical (unpaired) electrons. The van der Waals surface area contributed by atoms with Gasteiger partial charge in [0, 0.05) is 16.9 Å². The maximum absolute atomic E-state index is 12.3. The predicted octanol–water partition coefficient (Wildman–Crippen LogP) is 4.03. The van der Waals surface area contributed by atoms with Gasteiger partial charge in [-0.3, -0.25) is 14.4 Å². The van der Waals surface area contributed by atoms with Gasteiger partial charge in [-0.15, -0.1) is 0 Å². The Bertz CT molecular complexity index is 1280. The zero-order valence-corrected chi connectivity index (χ0v) is 20.1. The molecule has 0 saturated heterocycles. The summed E-state index contributed by atoms with van der Waals surface area (Å²) in [6, 6.07) is 18.1. The number of hydrazone groups is 1. The number of hydrogen-bond donors (Lipinski definition) is 3. The fraction of sp³-hybridized carbons (Fsp3) is 0.185. The largest absolute Gasteiger partial charge is 0.483 e. The number of para-hydroxylation sites is 1. The van der Waals surface area contributed by atoms with E-state index < -0.39 is 11.8 Å². The van der Waals surface area contributed by atoms with E-state index in [1.165, 1.54) is 6.21 Å². The number of amides is 3. The molecule has 0 saturated carbocycles. The first-order valence-electron chi connectivity index (χ1n) is 11.0. The number of nitrogens with one attached hydrogen (secondary N) is 3. The Morgan fingerprint density at radius 3 is 2.37 bits per heavy atom.